The van der Waals surface area contributed by atoms with Gasteiger partial charge in [-0.3, -0.25) is 0 Å². The van der Waals surface area contributed by atoms with Gasteiger partial charge >= 0.3 is 6.18 Å². The van der Waals surface area contributed by atoms with Gasteiger partial charge in [-0.1, -0.05) is 0 Å². The Morgan fingerprint density at radius 2 is 1.91 bits per heavy atom. The zero-order valence-electron chi connectivity index (χ0n) is 11.9. The minimum absolute atomic E-state index is 0.0249. The van der Waals surface area contributed by atoms with E-state index in [9.17, 15) is 13.2 Å². The molecular formula is C14H16F3N5. The SMILES string of the molecule is FC(F)(F)C1CCCN(c2ccc3nnc(C4CC4)n3n2)C1. The Bertz CT molecular complexity index is 691. The molecule has 0 amide bonds. The lowest BCUT2D eigenvalue weighted by Gasteiger charge is -2.34. The van der Waals surface area contributed by atoms with Gasteiger partial charge < -0.3 is 4.90 Å². The average molecular weight is 311 g/mol. The van der Waals surface area contributed by atoms with E-state index in [0.717, 1.165) is 18.7 Å². The quantitative estimate of drug-likeness (QED) is 0.855. The van der Waals surface area contributed by atoms with Gasteiger partial charge in [0.15, 0.2) is 11.5 Å². The first-order chi connectivity index (χ1) is 10.5. The number of nitrogens with zero attached hydrogens (tertiary/aromatic N) is 5. The van der Waals surface area contributed by atoms with Gasteiger partial charge in [-0.15, -0.1) is 15.3 Å². The summed E-state index contributed by atoms with van der Waals surface area (Å²) in [6.45, 7) is 0.578. The summed E-state index contributed by atoms with van der Waals surface area (Å²) >= 11 is 0. The van der Waals surface area contributed by atoms with E-state index in [0.29, 0.717) is 30.3 Å². The maximum Gasteiger partial charge on any atom is 0.393 e. The highest BCUT2D eigenvalue weighted by molar-refractivity contribution is 5.46. The van der Waals surface area contributed by atoms with E-state index in [1.54, 1.807) is 21.5 Å². The first-order valence-electron chi connectivity index (χ1n) is 7.56. The van der Waals surface area contributed by atoms with Crippen molar-refractivity contribution in [2.24, 2.45) is 5.92 Å². The second-order valence-corrected chi connectivity index (χ2v) is 6.12. The summed E-state index contributed by atoms with van der Waals surface area (Å²) < 4.78 is 40.5. The summed E-state index contributed by atoms with van der Waals surface area (Å²) in [6.07, 6.45) is -1.26. The standard InChI is InChI=1S/C14H16F3N5/c15-14(16,17)10-2-1-7-21(8-10)12-6-5-11-18-19-13(9-3-4-9)22(11)20-12/h5-6,9-10H,1-4,7-8H2. The van der Waals surface area contributed by atoms with Crippen molar-refractivity contribution < 1.29 is 13.2 Å². The molecule has 22 heavy (non-hydrogen) atoms. The highest BCUT2D eigenvalue weighted by Crippen LogP contribution is 2.39. The molecule has 0 bridgehead atoms. The number of hydrogen-bond acceptors (Lipinski definition) is 4. The van der Waals surface area contributed by atoms with E-state index >= 15 is 0 Å². The van der Waals surface area contributed by atoms with Crippen molar-refractivity contribution in [2.45, 2.75) is 37.8 Å². The van der Waals surface area contributed by atoms with Crippen LogP contribution in [-0.4, -0.2) is 39.1 Å². The first kappa shape index (κ1) is 13.8. The van der Waals surface area contributed by atoms with Crippen LogP contribution >= 0.6 is 0 Å². The molecule has 0 radical (unpaired) electrons. The number of fused-ring (bicyclic) bond motifs is 1. The van der Waals surface area contributed by atoms with Crippen molar-refractivity contribution in [1.29, 1.82) is 0 Å². The summed E-state index contributed by atoms with van der Waals surface area (Å²) in [7, 11) is 0. The number of rotatable bonds is 2. The van der Waals surface area contributed by atoms with Crippen molar-refractivity contribution in [3.63, 3.8) is 0 Å². The van der Waals surface area contributed by atoms with Crippen LogP contribution in [0.15, 0.2) is 12.1 Å². The Kier molecular flexibility index (Phi) is 3.02. The third-order valence-electron chi connectivity index (χ3n) is 4.42. The third-order valence-corrected chi connectivity index (χ3v) is 4.42. The van der Waals surface area contributed by atoms with E-state index in [2.05, 4.69) is 15.3 Å². The van der Waals surface area contributed by atoms with Crippen LogP contribution in [0.4, 0.5) is 19.0 Å². The van der Waals surface area contributed by atoms with Gasteiger partial charge in [0.25, 0.3) is 0 Å². The van der Waals surface area contributed by atoms with Crippen LogP contribution in [0.25, 0.3) is 5.65 Å². The van der Waals surface area contributed by atoms with Crippen LogP contribution in [0.1, 0.15) is 37.4 Å². The van der Waals surface area contributed by atoms with Crippen LogP contribution < -0.4 is 4.90 Å². The lowest BCUT2D eigenvalue weighted by atomic mass is 9.97. The topological polar surface area (TPSA) is 46.3 Å². The van der Waals surface area contributed by atoms with Crippen LogP contribution in [0.5, 0.6) is 0 Å². The Balaban J connectivity index is 1.64. The monoisotopic (exact) mass is 311 g/mol. The zero-order valence-corrected chi connectivity index (χ0v) is 11.9. The molecule has 118 valence electrons. The summed E-state index contributed by atoms with van der Waals surface area (Å²) in [5.74, 6) is 0.508. The Hall–Kier alpha value is -1.86. The van der Waals surface area contributed by atoms with E-state index in [-0.39, 0.29) is 13.0 Å². The van der Waals surface area contributed by atoms with E-state index in [1.165, 1.54) is 0 Å². The van der Waals surface area contributed by atoms with Gasteiger partial charge in [-0.2, -0.15) is 17.7 Å². The van der Waals surface area contributed by atoms with Crippen molar-refractivity contribution in [3.05, 3.63) is 18.0 Å². The molecule has 1 saturated heterocycles. The van der Waals surface area contributed by atoms with Gasteiger partial charge in [0.1, 0.15) is 5.82 Å². The minimum atomic E-state index is -4.14. The lowest BCUT2D eigenvalue weighted by Crippen LogP contribution is -2.42. The first-order valence-corrected chi connectivity index (χ1v) is 7.56. The molecule has 1 aliphatic carbocycles. The van der Waals surface area contributed by atoms with Crippen molar-refractivity contribution in [3.8, 4) is 0 Å². The summed E-state index contributed by atoms with van der Waals surface area (Å²) in [5.41, 5.74) is 0.648. The fourth-order valence-corrected chi connectivity index (χ4v) is 3.01. The highest BCUT2D eigenvalue weighted by atomic mass is 19.4. The molecule has 1 atom stereocenters. The molecule has 0 spiro atoms. The molecule has 5 nitrogen and oxygen atoms in total. The molecule has 8 heteroatoms. The molecule has 3 heterocycles. The van der Waals surface area contributed by atoms with Gasteiger partial charge in [-0.05, 0) is 37.8 Å². The van der Waals surface area contributed by atoms with Crippen molar-refractivity contribution in [1.82, 2.24) is 19.8 Å². The molecule has 2 aliphatic rings. The number of anilines is 1. The zero-order chi connectivity index (χ0) is 15.3. The van der Waals surface area contributed by atoms with Crippen LogP contribution in [0, 0.1) is 5.92 Å². The Morgan fingerprint density at radius 3 is 2.64 bits per heavy atom. The Labute approximate surface area is 125 Å². The number of piperidine rings is 1. The van der Waals surface area contributed by atoms with Gasteiger partial charge in [0, 0.05) is 19.0 Å². The molecule has 0 aromatic carbocycles. The Morgan fingerprint density at radius 1 is 1.09 bits per heavy atom. The summed E-state index contributed by atoms with van der Waals surface area (Å²) in [5, 5.41) is 12.7. The van der Waals surface area contributed by atoms with Gasteiger partial charge in [0.2, 0.25) is 0 Å². The molecule has 4 rings (SSSR count). The van der Waals surface area contributed by atoms with E-state index in [4.69, 9.17) is 0 Å². The maximum atomic E-state index is 12.9. The van der Waals surface area contributed by atoms with Gasteiger partial charge in [-0.25, -0.2) is 0 Å². The predicted octanol–water partition coefficient (Wildman–Crippen LogP) is 2.78. The highest BCUT2D eigenvalue weighted by Gasteiger charge is 2.42. The second kappa shape index (κ2) is 4.82. The average Bonchev–Trinajstić information content (AvgIpc) is 3.26. The van der Waals surface area contributed by atoms with Crippen LogP contribution in [-0.2, 0) is 0 Å². The number of halogens is 3. The fourth-order valence-electron chi connectivity index (χ4n) is 3.01. The normalized spacial score (nSPS) is 23.2. The largest absolute Gasteiger partial charge is 0.393 e. The summed E-state index contributed by atoms with van der Waals surface area (Å²) in [4.78, 5) is 1.72. The molecular weight excluding hydrogens is 295 g/mol. The lowest BCUT2D eigenvalue weighted by molar-refractivity contribution is -0.176. The minimum Gasteiger partial charge on any atom is -0.355 e. The number of alkyl halides is 3. The second-order valence-electron chi connectivity index (χ2n) is 6.12. The van der Waals surface area contributed by atoms with Gasteiger partial charge in [0.05, 0.1) is 5.92 Å². The molecule has 2 aromatic rings. The summed E-state index contributed by atoms with van der Waals surface area (Å²) in [6, 6.07) is 3.51. The third kappa shape index (κ3) is 2.40. The number of hydrogen-bond donors (Lipinski definition) is 0. The van der Waals surface area contributed by atoms with Crippen LogP contribution in [0.3, 0.4) is 0 Å². The van der Waals surface area contributed by atoms with E-state index in [1.807, 2.05) is 0 Å². The number of aromatic nitrogens is 4. The maximum absolute atomic E-state index is 12.9. The fraction of sp³-hybridized carbons (Fsp3) is 0.643. The molecule has 2 aromatic heterocycles. The molecule has 1 aliphatic heterocycles. The van der Waals surface area contributed by atoms with E-state index < -0.39 is 12.1 Å². The predicted molar refractivity (Wildman–Crippen MR) is 73.7 cm³/mol. The van der Waals surface area contributed by atoms with Crippen molar-refractivity contribution in [2.75, 3.05) is 18.0 Å². The molecule has 2 fully saturated rings. The molecule has 1 unspecified atom stereocenters. The smallest absolute Gasteiger partial charge is 0.355 e. The van der Waals surface area contributed by atoms with Crippen molar-refractivity contribution >= 4 is 11.5 Å². The molecule has 1 saturated carbocycles. The molecule has 0 N–H and O–H groups in total. The van der Waals surface area contributed by atoms with Crippen LogP contribution in [0.2, 0.25) is 0 Å².